The lowest BCUT2D eigenvalue weighted by atomic mass is 9.85. The molecule has 0 rings (SSSR count). The first kappa shape index (κ1) is 27.9. The van der Waals surface area contributed by atoms with Crippen LogP contribution in [0.3, 0.4) is 0 Å². The Bertz CT molecular complexity index is 614. The molecule has 2 atom stereocenters. The van der Waals surface area contributed by atoms with E-state index < -0.39 is 23.2 Å². The number of hydrogen-bond donors (Lipinski definition) is 1. The second-order valence-corrected chi connectivity index (χ2v) is 9.67. The Labute approximate surface area is 182 Å². The second-order valence-electron chi connectivity index (χ2n) is 9.67. The van der Waals surface area contributed by atoms with Crippen molar-refractivity contribution in [2.75, 3.05) is 13.7 Å². The van der Waals surface area contributed by atoms with Gasteiger partial charge < -0.3 is 19.7 Å². The lowest BCUT2D eigenvalue weighted by molar-refractivity contribution is -0.139. The average molecular weight is 427 g/mol. The number of alkyl carbamates (subject to hydrolysis) is 1. The number of ether oxygens (including phenoxy) is 2. The van der Waals surface area contributed by atoms with E-state index in [1.807, 2.05) is 20.8 Å². The highest BCUT2D eigenvalue weighted by molar-refractivity contribution is 5.89. The zero-order valence-electron chi connectivity index (χ0n) is 20.5. The number of esters is 1. The first-order valence-corrected chi connectivity index (χ1v) is 10.8. The molecule has 0 fully saturated rings. The number of unbranched alkanes of at least 4 members (excludes halogenated alkanes) is 1. The molecule has 30 heavy (non-hydrogen) atoms. The van der Waals surface area contributed by atoms with Gasteiger partial charge in [-0.3, -0.25) is 4.79 Å². The van der Waals surface area contributed by atoms with Crippen LogP contribution in [0.15, 0.2) is 11.6 Å². The minimum Gasteiger partial charge on any atom is -0.463 e. The van der Waals surface area contributed by atoms with E-state index in [9.17, 15) is 14.4 Å². The van der Waals surface area contributed by atoms with Gasteiger partial charge in [0.2, 0.25) is 5.91 Å². The maximum atomic E-state index is 13.4. The number of amides is 2. The molecule has 1 N–H and O–H groups in total. The second kappa shape index (κ2) is 12.0. The van der Waals surface area contributed by atoms with Crippen molar-refractivity contribution in [3.8, 4) is 0 Å². The summed E-state index contributed by atoms with van der Waals surface area (Å²) in [5, 5.41) is 2.74. The molecule has 0 bridgehead atoms. The third kappa shape index (κ3) is 10.1. The molecule has 0 saturated heterocycles. The first-order chi connectivity index (χ1) is 13.6. The fraction of sp³-hybridized carbons (Fsp3) is 0.783. The Morgan fingerprint density at radius 2 is 1.63 bits per heavy atom. The number of nitrogens with zero attached hydrogens (tertiary/aromatic N) is 1. The van der Waals surface area contributed by atoms with E-state index in [4.69, 9.17) is 9.47 Å². The van der Waals surface area contributed by atoms with Crippen molar-refractivity contribution in [2.45, 2.75) is 99.3 Å². The van der Waals surface area contributed by atoms with Crippen molar-refractivity contribution in [3.05, 3.63) is 11.6 Å². The molecule has 0 aliphatic rings. The largest absolute Gasteiger partial charge is 0.463 e. The molecule has 0 aromatic rings. The van der Waals surface area contributed by atoms with Gasteiger partial charge in [-0.2, -0.15) is 0 Å². The molecule has 0 spiro atoms. The lowest BCUT2D eigenvalue weighted by Crippen LogP contribution is -2.56. The normalized spacial score (nSPS) is 14.5. The van der Waals surface area contributed by atoms with Gasteiger partial charge in [-0.25, -0.2) is 9.59 Å². The smallest absolute Gasteiger partial charge is 0.408 e. The number of carbonyl (C=O) groups excluding carboxylic acids is 3. The molecule has 0 radical (unpaired) electrons. The summed E-state index contributed by atoms with van der Waals surface area (Å²) in [5.41, 5.74) is -0.729. The van der Waals surface area contributed by atoms with Gasteiger partial charge in [0.05, 0.1) is 12.6 Å². The van der Waals surface area contributed by atoms with Gasteiger partial charge in [0.25, 0.3) is 0 Å². The maximum absolute atomic E-state index is 13.4. The third-order valence-electron chi connectivity index (χ3n) is 4.51. The van der Waals surface area contributed by atoms with Crippen molar-refractivity contribution < 1.29 is 23.9 Å². The van der Waals surface area contributed by atoms with Crippen LogP contribution in [0.1, 0.15) is 81.6 Å². The van der Waals surface area contributed by atoms with Crippen molar-refractivity contribution >= 4 is 18.0 Å². The summed E-state index contributed by atoms with van der Waals surface area (Å²) >= 11 is 0. The number of carbonyl (C=O) groups is 3. The summed E-state index contributed by atoms with van der Waals surface area (Å²) in [4.78, 5) is 39.4. The summed E-state index contributed by atoms with van der Waals surface area (Å²) in [7, 11) is 1.70. The van der Waals surface area contributed by atoms with Gasteiger partial charge in [-0.15, -0.1) is 0 Å². The van der Waals surface area contributed by atoms with Crippen LogP contribution in [0.5, 0.6) is 0 Å². The standard InChI is InChI=1S/C23H42N2O5/c1-11-13-14-17(15-16(3)20(27)29-12-2)25(10)19(26)18(22(4,5)6)24-21(28)30-23(7,8)9/h15,17-18H,11-14H2,1-10H3,(H,24,28)/t17-,18+/m0/s1. The van der Waals surface area contributed by atoms with Gasteiger partial charge in [0.1, 0.15) is 11.6 Å². The van der Waals surface area contributed by atoms with E-state index in [2.05, 4.69) is 12.2 Å². The number of likely N-dealkylation sites (N-methyl/N-ethyl adjacent to an activating group) is 1. The SMILES string of the molecule is CCCC[C@@H](C=C(C)C(=O)OCC)N(C)C(=O)[C@@H](NC(=O)OC(C)(C)C)C(C)(C)C. The first-order valence-electron chi connectivity index (χ1n) is 10.8. The molecule has 0 unspecified atom stereocenters. The number of hydrogen-bond acceptors (Lipinski definition) is 5. The molecule has 0 aromatic heterocycles. The van der Waals surface area contributed by atoms with Crippen LogP contribution < -0.4 is 5.32 Å². The maximum Gasteiger partial charge on any atom is 0.408 e. The highest BCUT2D eigenvalue weighted by Crippen LogP contribution is 2.24. The summed E-state index contributed by atoms with van der Waals surface area (Å²) in [6.07, 6.45) is 3.71. The van der Waals surface area contributed by atoms with Crippen LogP contribution >= 0.6 is 0 Å². The van der Waals surface area contributed by atoms with Crippen molar-refractivity contribution in [1.82, 2.24) is 10.2 Å². The van der Waals surface area contributed by atoms with E-state index in [0.717, 1.165) is 12.8 Å². The Kier molecular flexibility index (Phi) is 11.1. The average Bonchev–Trinajstić information content (AvgIpc) is 2.59. The lowest BCUT2D eigenvalue weighted by Gasteiger charge is -2.36. The van der Waals surface area contributed by atoms with E-state index in [-0.39, 0.29) is 17.9 Å². The van der Waals surface area contributed by atoms with Gasteiger partial charge >= 0.3 is 12.1 Å². The van der Waals surface area contributed by atoms with Crippen molar-refractivity contribution in [3.63, 3.8) is 0 Å². The van der Waals surface area contributed by atoms with Gasteiger partial charge in [0, 0.05) is 12.6 Å². The minimum atomic E-state index is -0.780. The Hall–Kier alpha value is -2.05. The van der Waals surface area contributed by atoms with Crippen LogP contribution in [-0.4, -0.2) is 54.2 Å². The quantitative estimate of drug-likeness (QED) is 0.435. The molecular formula is C23H42N2O5. The molecule has 7 nitrogen and oxygen atoms in total. The molecule has 174 valence electrons. The highest BCUT2D eigenvalue weighted by Gasteiger charge is 2.37. The van der Waals surface area contributed by atoms with Gasteiger partial charge in [-0.1, -0.05) is 46.6 Å². The number of rotatable bonds is 9. The molecule has 0 aliphatic heterocycles. The zero-order chi connectivity index (χ0) is 23.7. The summed E-state index contributed by atoms with van der Waals surface area (Å²) < 4.78 is 10.4. The molecular weight excluding hydrogens is 384 g/mol. The van der Waals surface area contributed by atoms with Crippen molar-refractivity contribution in [2.24, 2.45) is 5.41 Å². The Balaban J connectivity index is 5.71. The van der Waals surface area contributed by atoms with Crippen LogP contribution in [0.25, 0.3) is 0 Å². The Morgan fingerprint density at radius 1 is 1.07 bits per heavy atom. The van der Waals surface area contributed by atoms with Crippen LogP contribution in [0.4, 0.5) is 4.79 Å². The van der Waals surface area contributed by atoms with E-state index in [1.54, 1.807) is 52.6 Å². The van der Waals surface area contributed by atoms with Crippen LogP contribution in [0, 0.1) is 5.41 Å². The summed E-state index contributed by atoms with van der Waals surface area (Å²) in [6.45, 7) is 16.8. The van der Waals surface area contributed by atoms with Gasteiger partial charge in [0.15, 0.2) is 0 Å². The summed E-state index contributed by atoms with van der Waals surface area (Å²) in [6, 6.07) is -1.06. The highest BCUT2D eigenvalue weighted by atomic mass is 16.6. The fourth-order valence-electron chi connectivity index (χ4n) is 2.84. The van der Waals surface area contributed by atoms with Crippen molar-refractivity contribution in [1.29, 1.82) is 0 Å². The molecule has 0 heterocycles. The van der Waals surface area contributed by atoms with E-state index in [1.165, 1.54) is 0 Å². The topological polar surface area (TPSA) is 84.9 Å². The summed E-state index contributed by atoms with van der Waals surface area (Å²) in [5.74, 6) is -0.624. The molecule has 7 heteroatoms. The molecule has 0 saturated carbocycles. The predicted octanol–water partition coefficient (Wildman–Crippen LogP) is 4.45. The molecule has 0 aromatic carbocycles. The molecule has 0 aliphatic carbocycles. The van der Waals surface area contributed by atoms with E-state index >= 15 is 0 Å². The van der Waals surface area contributed by atoms with E-state index in [0.29, 0.717) is 18.6 Å². The van der Waals surface area contributed by atoms with Crippen LogP contribution in [0.2, 0.25) is 0 Å². The Morgan fingerprint density at radius 3 is 2.07 bits per heavy atom. The van der Waals surface area contributed by atoms with Crippen LogP contribution in [-0.2, 0) is 19.1 Å². The number of nitrogens with one attached hydrogen (secondary N) is 1. The molecule has 2 amide bonds. The third-order valence-corrected chi connectivity index (χ3v) is 4.51. The van der Waals surface area contributed by atoms with Gasteiger partial charge in [-0.05, 0) is 46.5 Å². The minimum absolute atomic E-state index is 0.234. The fourth-order valence-corrected chi connectivity index (χ4v) is 2.84. The zero-order valence-corrected chi connectivity index (χ0v) is 20.5. The predicted molar refractivity (Wildman–Crippen MR) is 119 cm³/mol. The monoisotopic (exact) mass is 426 g/mol.